The van der Waals surface area contributed by atoms with Gasteiger partial charge in [-0.15, -0.1) is 0 Å². The van der Waals surface area contributed by atoms with Crippen LogP contribution in [-0.2, 0) is 18.8 Å². The van der Waals surface area contributed by atoms with E-state index in [-0.39, 0.29) is 12.0 Å². The minimum Gasteiger partial charge on any atom is -0.192 e. The van der Waals surface area contributed by atoms with Crippen molar-refractivity contribution in [2.75, 3.05) is 0 Å². The van der Waals surface area contributed by atoms with Crippen LogP contribution < -0.4 is 0 Å². The van der Waals surface area contributed by atoms with Crippen LogP contribution in [0.2, 0.25) is 0 Å². The highest BCUT2D eigenvalue weighted by Crippen LogP contribution is 2.42. The zero-order valence-electron chi connectivity index (χ0n) is 9.08. The first-order chi connectivity index (χ1) is 8.11. The number of hydrogen-bond acceptors (Lipinski definition) is 1. The smallest absolute Gasteiger partial charge is 0.192 e. The van der Waals surface area contributed by atoms with Crippen LogP contribution in [0.4, 0.5) is 26.3 Å². The Morgan fingerprint density at radius 1 is 1.06 bits per heavy atom. The van der Waals surface area contributed by atoms with Crippen LogP contribution in [0.15, 0.2) is 12.1 Å². The van der Waals surface area contributed by atoms with Crippen molar-refractivity contribution in [2.45, 2.75) is 25.7 Å². The second-order valence-electron chi connectivity index (χ2n) is 3.53. The third-order valence-electron chi connectivity index (χ3n) is 2.32. The summed E-state index contributed by atoms with van der Waals surface area (Å²) in [5, 5.41) is 8.57. The molecule has 7 heteroatoms. The molecule has 18 heavy (non-hydrogen) atoms. The van der Waals surface area contributed by atoms with Crippen LogP contribution in [-0.4, -0.2) is 0 Å². The van der Waals surface area contributed by atoms with Gasteiger partial charge in [0, 0.05) is 0 Å². The molecule has 1 aromatic rings. The minimum absolute atomic E-state index is 0.0341. The van der Waals surface area contributed by atoms with Crippen LogP contribution in [0.1, 0.15) is 29.2 Å². The number of hydrogen-bond donors (Lipinski definition) is 0. The van der Waals surface area contributed by atoms with Crippen molar-refractivity contribution < 1.29 is 26.3 Å². The number of nitrogens with zero attached hydrogens (tertiary/aromatic N) is 1. The lowest BCUT2D eigenvalue weighted by molar-refractivity contribution is -0.162. The van der Waals surface area contributed by atoms with Gasteiger partial charge in [0.2, 0.25) is 0 Å². The summed E-state index contributed by atoms with van der Waals surface area (Å²) in [6.45, 7) is 1.49. The van der Waals surface area contributed by atoms with E-state index in [1.165, 1.54) is 13.0 Å². The van der Waals surface area contributed by atoms with Crippen molar-refractivity contribution in [2.24, 2.45) is 0 Å². The van der Waals surface area contributed by atoms with Crippen LogP contribution in [0.25, 0.3) is 0 Å². The fraction of sp³-hybridized carbons (Fsp3) is 0.364. The molecule has 0 saturated heterocycles. The Morgan fingerprint density at radius 3 is 1.94 bits per heavy atom. The van der Waals surface area contributed by atoms with Crippen molar-refractivity contribution in [3.05, 3.63) is 34.4 Å². The van der Waals surface area contributed by atoms with E-state index in [1.54, 1.807) is 0 Å². The van der Waals surface area contributed by atoms with E-state index in [4.69, 9.17) is 5.26 Å². The van der Waals surface area contributed by atoms with E-state index in [1.807, 2.05) is 0 Å². The van der Waals surface area contributed by atoms with Crippen molar-refractivity contribution in [1.29, 1.82) is 5.26 Å². The van der Waals surface area contributed by atoms with Crippen molar-refractivity contribution in [3.8, 4) is 6.07 Å². The van der Waals surface area contributed by atoms with Gasteiger partial charge in [-0.2, -0.15) is 31.6 Å². The maximum atomic E-state index is 12.6. The Bertz CT molecular complexity index is 492. The molecular weight excluding hydrogens is 260 g/mol. The summed E-state index contributed by atoms with van der Waals surface area (Å²) in [7, 11) is 0. The fourth-order valence-electron chi connectivity index (χ4n) is 1.52. The molecule has 0 atom stereocenters. The highest BCUT2D eigenvalue weighted by Gasteiger charge is 2.45. The van der Waals surface area contributed by atoms with Crippen molar-refractivity contribution >= 4 is 0 Å². The molecule has 0 spiro atoms. The summed E-state index contributed by atoms with van der Waals surface area (Å²) in [5.41, 5.74) is -4.71. The van der Waals surface area contributed by atoms with Gasteiger partial charge >= 0.3 is 12.4 Å². The summed E-state index contributed by atoms with van der Waals surface area (Å²) >= 11 is 0. The number of alkyl halides is 6. The summed E-state index contributed by atoms with van der Waals surface area (Å²) in [5.74, 6) is 0. The van der Waals surface area contributed by atoms with E-state index in [9.17, 15) is 26.3 Å². The van der Waals surface area contributed by atoms with E-state index >= 15 is 0 Å². The lowest BCUT2D eigenvalue weighted by atomic mass is 9.96. The lowest BCUT2D eigenvalue weighted by Crippen LogP contribution is -2.19. The topological polar surface area (TPSA) is 23.8 Å². The molecular formula is C11H7F6N. The Labute approximate surface area is 98.6 Å². The molecule has 0 heterocycles. The van der Waals surface area contributed by atoms with Gasteiger partial charge in [0.05, 0.1) is 22.8 Å². The molecule has 0 fully saturated rings. The predicted molar refractivity (Wildman–Crippen MR) is 50.5 cm³/mol. The number of nitriles is 1. The quantitative estimate of drug-likeness (QED) is 0.701. The summed E-state index contributed by atoms with van der Waals surface area (Å²) in [4.78, 5) is 0. The van der Waals surface area contributed by atoms with Gasteiger partial charge in [-0.25, -0.2) is 0 Å². The first-order valence-electron chi connectivity index (χ1n) is 4.82. The maximum Gasteiger partial charge on any atom is 0.418 e. The first-order valence-corrected chi connectivity index (χ1v) is 4.82. The van der Waals surface area contributed by atoms with E-state index in [0.717, 1.165) is 6.07 Å². The molecule has 98 valence electrons. The number of halogens is 6. The monoisotopic (exact) mass is 267 g/mol. The lowest BCUT2D eigenvalue weighted by Gasteiger charge is -2.17. The first kappa shape index (κ1) is 14.4. The van der Waals surface area contributed by atoms with Gasteiger partial charge in [-0.3, -0.25) is 0 Å². The van der Waals surface area contributed by atoms with Crippen molar-refractivity contribution in [1.82, 2.24) is 0 Å². The average molecular weight is 267 g/mol. The van der Waals surface area contributed by atoms with Crippen LogP contribution in [0.3, 0.4) is 0 Å². The molecule has 0 unspecified atom stereocenters. The Kier molecular flexibility index (Phi) is 3.60. The van der Waals surface area contributed by atoms with Crippen LogP contribution in [0.5, 0.6) is 0 Å². The fourth-order valence-corrected chi connectivity index (χ4v) is 1.52. The number of rotatable bonds is 1. The number of aryl methyl sites for hydroxylation is 1. The Balaban J connectivity index is 3.71. The number of benzene rings is 1. The van der Waals surface area contributed by atoms with Gasteiger partial charge in [0.1, 0.15) is 0 Å². The molecule has 0 amide bonds. The maximum absolute atomic E-state index is 12.6. The Morgan fingerprint density at radius 2 is 1.61 bits per heavy atom. The second kappa shape index (κ2) is 4.52. The second-order valence-corrected chi connectivity index (χ2v) is 3.53. The summed E-state index contributed by atoms with van der Waals surface area (Å²) < 4.78 is 75.6. The van der Waals surface area contributed by atoms with Crippen LogP contribution >= 0.6 is 0 Å². The van der Waals surface area contributed by atoms with Gasteiger partial charge < -0.3 is 0 Å². The zero-order chi connectivity index (χ0) is 14.1. The summed E-state index contributed by atoms with van der Waals surface area (Å²) in [6, 6.07) is 2.43. The summed E-state index contributed by atoms with van der Waals surface area (Å²) in [6.07, 6.45) is -10.3. The third kappa shape index (κ3) is 2.75. The molecule has 0 aliphatic carbocycles. The third-order valence-corrected chi connectivity index (χ3v) is 2.32. The molecule has 1 aromatic carbocycles. The Hall–Kier alpha value is -1.71. The standard InChI is InChI=1S/C11H7F6N/c1-2-6-3-7(5-18)9(11(15,16)17)8(4-6)10(12,13)14/h3-4H,2H2,1H3. The van der Waals surface area contributed by atoms with Crippen molar-refractivity contribution in [3.63, 3.8) is 0 Å². The van der Waals surface area contributed by atoms with Crippen LogP contribution in [0, 0.1) is 11.3 Å². The predicted octanol–water partition coefficient (Wildman–Crippen LogP) is 4.16. The molecule has 0 radical (unpaired) electrons. The largest absolute Gasteiger partial charge is 0.418 e. The molecule has 0 N–H and O–H groups in total. The van der Waals surface area contributed by atoms with Gasteiger partial charge in [-0.1, -0.05) is 6.92 Å². The molecule has 0 aromatic heterocycles. The van der Waals surface area contributed by atoms with Gasteiger partial charge in [0.15, 0.2) is 0 Å². The molecule has 0 bridgehead atoms. The highest BCUT2D eigenvalue weighted by atomic mass is 19.4. The normalized spacial score (nSPS) is 12.3. The minimum atomic E-state index is -5.22. The van der Waals surface area contributed by atoms with E-state index in [0.29, 0.717) is 6.07 Å². The molecule has 1 rings (SSSR count). The average Bonchev–Trinajstić information content (AvgIpc) is 2.24. The molecule has 0 aliphatic rings. The molecule has 0 aliphatic heterocycles. The van der Waals surface area contributed by atoms with Gasteiger partial charge in [-0.05, 0) is 24.1 Å². The van der Waals surface area contributed by atoms with E-state index in [2.05, 4.69) is 0 Å². The SMILES string of the molecule is CCc1cc(C#N)c(C(F)(F)F)c(C(F)(F)F)c1. The molecule has 1 nitrogen and oxygen atoms in total. The molecule has 0 saturated carbocycles. The van der Waals surface area contributed by atoms with Gasteiger partial charge in [0.25, 0.3) is 0 Å². The highest BCUT2D eigenvalue weighted by molar-refractivity contribution is 5.48. The zero-order valence-corrected chi connectivity index (χ0v) is 9.08. The van der Waals surface area contributed by atoms with E-state index < -0.39 is 29.0 Å².